The predicted octanol–water partition coefficient (Wildman–Crippen LogP) is 7.27. The van der Waals surface area contributed by atoms with Gasteiger partial charge in [0, 0.05) is 20.1 Å². The van der Waals surface area contributed by atoms with E-state index < -0.39 is 0 Å². The molecule has 0 atom stereocenters. The van der Waals surface area contributed by atoms with Gasteiger partial charge in [0.15, 0.2) is 5.69 Å². The van der Waals surface area contributed by atoms with Crippen molar-refractivity contribution in [2.24, 2.45) is 0 Å². The Bertz CT molecular complexity index is 1120. The van der Waals surface area contributed by atoms with Crippen molar-refractivity contribution in [2.75, 3.05) is 18.9 Å². The Kier molecular flexibility index (Phi) is 8.28. The van der Waals surface area contributed by atoms with Gasteiger partial charge in [-0.2, -0.15) is 0 Å². The van der Waals surface area contributed by atoms with Crippen LogP contribution in [-0.2, 0) is 18.4 Å². The number of hydrogen-bond donors (Lipinski definition) is 1. The molecule has 174 valence electrons. The topological polar surface area (TPSA) is 45.2 Å². The molecule has 0 aliphatic carbocycles. The van der Waals surface area contributed by atoms with E-state index in [-0.39, 0.29) is 16.5 Å². The number of anilines is 1. The van der Waals surface area contributed by atoms with Gasteiger partial charge in [0.25, 0.3) is 5.91 Å². The Balaban J connectivity index is 1.89. The molecule has 1 aromatic heterocycles. The zero-order chi connectivity index (χ0) is 24.2. The first kappa shape index (κ1) is 25.4. The molecule has 3 aromatic rings. The van der Waals surface area contributed by atoms with Gasteiger partial charge in [-0.1, -0.05) is 85.9 Å². The predicted molar refractivity (Wildman–Crippen MR) is 139 cm³/mol. The van der Waals surface area contributed by atoms with E-state index in [9.17, 15) is 4.79 Å². The van der Waals surface area contributed by atoms with Crippen LogP contribution in [0.25, 0.3) is 0 Å². The second-order valence-corrected chi connectivity index (χ2v) is 10.2. The number of benzene rings is 2. The molecule has 0 saturated heterocycles. The quantitative estimate of drug-likeness (QED) is 0.344. The second kappa shape index (κ2) is 10.8. The number of amides is 1. The fourth-order valence-electron chi connectivity index (χ4n) is 3.49. The molecular weight excluding hydrogens is 477 g/mol. The van der Waals surface area contributed by atoms with Gasteiger partial charge < -0.3 is 10.2 Å². The van der Waals surface area contributed by atoms with Crippen molar-refractivity contribution in [1.29, 1.82) is 0 Å². The Hall–Kier alpha value is -2.27. The lowest BCUT2D eigenvalue weighted by Gasteiger charge is -2.25. The summed E-state index contributed by atoms with van der Waals surface area (Å²) < 4.78 is 0. The average molecular weight is 505 g/mol. The molecule has 1 N–H and O–H groups in total. The highest BCUT2D eigenvalue weighted by molar-refractivity contribution is 6.42. The maximum Gasteiger partial charge on any atom is 0.274 e. The molecule has 0 spiro atoms. The van der Waals surface area contributed by atoms with E-state index in [2.05, 4.69) is 55.3 Å². The zero-order valence-corrected chi connectivity index (χ0v) is 21.5. The number of hydrogen-bond acceptors (Lipinski definition) is 3. The van der Waals surface area contributed by atoms with E-state index in [1.807, 2.05) is 12.1 Å². The van der Waals surface area contributed by atoms with Crippen molar-refractivity contribution in [3.05, 3.63) is 92.2 Å². The Morgan fingerprint density at radius 3 is 2.21 bits per heavy atom. The van der Waals surface area contributed by atoms with Crippen LogP contribution in [0.5, 0.6) is 0 Å². The van der Waals surface area contributed by atoms with E-state index in [0.717, 1.165) is 11.1 Å². The molecule has 0 radical (unpaired) electrons. The third-order valence-electron chi connectivity index (χ3n) is 5.47. The van der Waals surface area contributed by atoms with Crippen molar-refractivity contribution in [3.8, 4) is 0 Å². The highest BCUT2D eigenvalue weighted by Gasteiger charge is 2.22. The summed E-state index contributed by atoms with van der Waals surface area (Å²) in [6.45, 7) is 7.47. The summed E-state index contributed by atoms with van der Waals surface area (Å²) in [6.07, 6.45) is 0.623. The summed E-state index contributed by atoms with van der Waals surface area (Å²) in [4.78, 5) is 19.7. The molecule has 0 saturated carbocycles. The van der Waals surface area contributed by atoms with E-state index >= 15 is 0 Å². The smallest absolute Gasteiger partial charge is 0.274 e. The van der Waals surface area contributed by atoms with Crippen LogP contribution < -0.4 is 5.32 Å². The zero-order valence-electron chi connectivity index (χ0n) is 19.3. The van der Waals surface area contributed by atoms with E-state index in [1.54, 1.807) is 30.1 Å². The van der Waals surface area contributed by atoms with Crippen molar-refractivity contribution >= 4 is 46.4 Å². The average Bonchev–Trinajstić information content (AvgIpc) is 2.78. The SMILES string of the molecule is CNc1ccc(Cl)nc1C(=O)N(CCc1ccc(Cl)c(Cl)c1)Cc1ccc(C(C)(C)C)cc1. The minimum atomic E-state index is -0.193. The Morgan fingerprint density at radius 1 is 0.939 bits per heavy atom. The van der Waals surface area contributed by atoms with Crippen molar-refractivity contribution < 1.29 is 4.79 Å². The van der Waals surface area contributed by atoms with Gasteiger partial charge in [0.1, 0.15) is 5.15 Å². The highest BCUT2D eigenvalue weighted by Crippen LogP contribution is 2.25. The minimum Gasteiger partial charge on any atom is -0.386 e. The molecule has 1 amide bonds. The monoisotopic (exact) mass is 503 g/mol. The molecule has 4 nitrogen and oxygen atoms in total. The summed E-state index contributed by atoms with van der Waals surface area (Å²) in [5.41, 5.74) is 4.27. The summed E-state index contributed by atoms with van der Waals surface area (Å²) in [5.74, 6) is -0.193. The lowest BCUT2D eigenvalue weighted by Crippen LogP contribution is -2.33. The van der Waals surface area contributed by atoms with Crippen molar-refractivity contribution in [1.82, 2.24) is 9.88 Å². The summed E-state index contributed by atoms with van der Waals surface area (Å²) in [7, 11) is 1.76. The normalized spacial score (nSPS) is 11.4. The molecule has 1 heterocycles. The van der Waals surface area contributed by atoms with E-state index in [1.165, 1.54) is 5.56 Å². The largest absolute Gasteiger partial charge is 0.386 e. The molecule has 33 heavy (non-hydrogen) atoms. The maximum absolute atomic E-state index is 13.6. The third-order valence-corrected chi connectivity index (χ3v) is 6.42. The van der Waals surface area contributed by atoms with Gasteiger partial charge in [0.05, 0.1) is 15.7 Å². The van der Waals surface area contributed by atoms with Crippen LogP contribution in [-0.4, -0.2) is 29.4 Å². The van der Waals surface area contributed by atoms with E-state index in [0.29, 0.717) is 40.9 Å². The molecular formula is C26H28Cl3N3O. The number of nitrogens with one attached hydrogen (secondary N) is 1. The fraction of sp³-hybridized carbons (Fsp3) is 0.308. The molecule has 7 heteroatoms. The lowest BCUT2D eigenvalue weighted by atomic mass is 9.87. The van der Waals surface area contributed by atoms with Gasteiger partial charge in [-0.3, -0.25) is 4.79 Å². The highest BCUT2D eigenvalue weighted by atomic mass is 35.5. The molecule has 2 aromatic carbocycles. The van der Waals surface area contributed by atoms with Crippen LogP contribution in [0.4, 0.5) is 5.69 Å². The molecule has 0 aliphatic heterocycles. The summed E-state index contributed by atoms with van der Waals surface area (Å²) >= 11 is 18.3. The van der Waals surface area contributed by atoms with Crippen LogP contribution in [0.3, 0.4) is 0 Å². The first-order valence-corrected chi connectivity index (χ1v) is 11.9. The summed E-state index contributed by atoms with van der Waals surface area (Å²) in [5, 5.41) is 4.31. The molecule has 0 aliphatic rings. The van der Waals surface area contributed by atoms with Crippen molar-refractivity contribution in [2.45, 2.75) is 39.2 Å². The maximum atomic E-state index is 13.6. The number of carbonyl (C=O) groups excluding carboxylic acids is 1. The molecule has 0 unspecified atom stereocenters. The molecule has 0 fully saturated rings. The number of aromatic nitrogens is 1. The standard InChI is InChI=1S/C26H28Cl3N3O/c1-26(2,3)19-8-5-18(6-9-19)16-32(14-13-17-7-10-20(27)21(28)15-17)25(33)24-22(30-4)11-12-23(29)31-24/h5-12,15,30H,13-14,16H2,1-4H3. The van der Waals surface area contributed by atoms with Gasteiger partial charge in [-0.15, -0.1) is 0 Å². The lowest BCUT2D eigenvalue weighted by molar-refractivity contribution is 0.0740. The molecule has 3 rings (SSSR count). The van der Waals surface area contributed by atoms with Crippen LogP contribution in [0.1, 0.15) is 48.0 Å². The number of pyridine rings is 1. The minimum absolute atomic E-state index is 0.0638. The van der Waals surface area contributed by atoms with Crippen molar-refractivity contribution in [3.63, 3.8) is 0 Å². The van der Waals surface area contributed by atoms with Crippen LogP contribution in [0.2, 0.25) is 15.2 Å². The first-order valence-electron chi connectivity index (χ1n) is 10.8. The number of nitrogens with zero attached hydrogens (tertiary/aromatic N) is 2. The second-order valence-electron chi connectivity index (χ2n) is 8.95. The summed E-state index contributed by atoms with van der Waals surface area (Å²) in [6, 6.07) is 17.3. The van der Waals surface area contributed by atoms with Crippen LogP contribution in [0.15, 0.2) is 54.6 Å². The first-order chi connectivity index (χ1) is 15.6. The van der Waals surface area contributed by atoms with Gasteiger partial charge in [-0.05, 0) is 52.8 Å². The van der Waals surface area contributed by atoms with Crippen LogP contribution >= 0.6 is 34.8 Å². The number of carbonyl (C=O) groups is 1. The molecule has 0 bridgehead atoms. The number of rotatable bonds is 7. The number of halogens is 3. The van der Waals surface area contributed by atoms with Gasteiger partial charge >= 0.3 is 0 Å². The van der Waals surface area contributed by atoms with E-state index in [4.69, 9.17) is 34.8 Å². The Labute approximate surface area is 210 Å². The van der Waals surface area contributed by atoms with Crippen LogP contribution in [0, 0.1) is 0 Å². The third kappa shape index (κ3) is 6.63. The Morgan fingerprint density at radius 2 is 1.61 bits per heavy atom. The van der Waals surface area contributed by atoms with Gasteiger partial charge in [-0.25, -0.2) is 4.98 Å². The fourth-order valence-corrected chi connectivity index (χ4v) is 3.96. The van der Waals surface area contributed by atoms with Gasteiger partial charge in [0.2, 0.25) is 0 Å².